The molecular weight excluding hydrogens is 263 g/mol. The molecule has 2 N–H and O–H groups in total. The molecule has 2 rings (SSSR count). The van der Waals surface area contributed by atoms with Crippen molar-refractivity contribution in [2.75, 3.05) is 18.4 Å². The molecule has 1 fully saturated rings. The van der Waals surface area contributed by atoms with Crippen LogP contribution < -0.4 is 5.32 Å². The lowest BCUT2D eigenvalue weighted by molar-refractivity contribution is -0.142. The van der Waals surface area contributed by atoms with Gasteiger partial charge in [-0.1, -0.05) is 12.1 Å². The number of halogens is 1. The van der Waals surface area contributed by atoms with Gasteiger partial charge in [-0.25, -0.2) is 4.39 Å². The van der Waals surface area contributed by atoms with Gasteiger partial charge in [0.1, 0.15) is 5.82 Å². The average Bonchev–Trinajstić information content (AvgIpc) is 2.74. The zero-order valence-electron chi connectivity index (χ0n) is 11.2. The number of hydrogen-bond acceptors (Lipinski definition) is 3. The number of para-hydroxylation sites is 1. The molecule has 108 valence electrons. The molecule has 0 radical (unpaired) electrons. The number of carboxylic acid groups (broad SMARTS) is 1. The van der Waals surface area contributed by atoms with E-state index in [1.54, 1.807) is 24.0 Å². The van der Waals surface area contributed by atoms with Crippen molar-refractivity contribution in [2.45, 2.75) is 19.4 Å². The number of benzene rings is 1. The first-order chi connectivity index (χ1) is 9.49. The highest BCUT2D eigenvalue weighted by Gasteiger charge is 2.36. The first-order valence-electron chi connectivity index (χ1n) is 6.50. The van der Waals surface area contributed by atoms with E-state index in [9.17, 15) is 14.0 Å². The van der Waals surface area contributed by atoms with Crippen molar-refractivity contribution >= 4 is 17.6 Å². The van der Waals surface area contributed by atoms with Gasteiger partial charge < -0.3 is 10.4 Å². The SMILES string of the molecule is CC1C(C(=O)O)CCN1CC(=O)Nc1ccccc1F. The Labute approximate surface area is 116 Å². The van der Waals surface area contributed by atoms with Crippen LogP contribution in [0.2, 0.25) is 0 Å². The van der Waals surface area contributed by atoms with Gasteiger partial charge in [0.2, 0.25) is 5.91 Å². The van der Waals surface area contributed by atoms with E-state index < -0.39 is 17.7 Å². The molecule has 0 aromatic heterocycles. The van der Waals surface area contributed by atoms with Gasteiger partial charge >= 0.3 is 5.97 Å². The standard InChI is InChI=1S/C14H17FN2O3/c1-9-10(14(19)20)6-7-17(9)8-13(18)16-12-5-3-2-4-11(12)15/h2-5,9-10H,6-8H2,1H3,(H,16,18)(H,19,20). The number of hydrogen-bond donors (Lipinski definition) is 2. The maximum absolute atomic E-state index is 13.4. The van der Waals surface area contributed by atoms with Crippen LogP contribution >= 0.6 is 0 Å². The Morgan fingerprint density at radius 2 is 2.15 bits per heavy atom. The van der Waals surface area contributed by atoms with Crippen molar-refractivity contribution in [3.8, 4) is 0 Å². The van der Waals surface area contributed by atoms with Gasteiger partial charge in [-0.2, -0.15) is 0 Å². The average molecular weight is 280 g/mol. The Hall–Kier alpha value is -1.95. The molecule has 0 aliphatic carbocycles. The van der Waals surface area contributed by atoms with Crippen molar-refractivity contribution in [2.24, 2.45) is 5.92 Å². The summed E-state index contributed by atoms with van der Waals surface area (Å²) in [6.07, 6.45) is 0.531. The first kappa shape index (κ1) is 14.5. The van der Waals surface area contributed by atoms with Crippen molar-refractivity contribution < 1.29 is 19.1 Å². The lowest BCUT2D eigenvalue weighted by Gasteiger charge is -2.22. The molecule has 1 amide bonds. The fourth-order valence-electron chi connectivity index (χ4n) is 2.49. The zero-order chi connectivity index (χ0) is 14.7. The molecule has 1 aromatic rings. The van der Waals surface area contributed by atoms with Gasteiger partial charge in [0.05, 0.1) is 18.2 Å². The number of carbonyl (C=O) groups is 2. The molecule has 20 heavy (non-hydrogen) atoms. The smallest absolute Gasteiger partial charge is 0.308 e. The molecule has 2 unspecified atom stereocenters. The summed E-state index contributed by atoms with van der Waals surface area (Å²) in [5.74, 6) is -2.11. The maximum atomic E-state index is 13.4. The van der Waals surface area contributed by atoms with Crippen LogP contribution in [0, 0.1) is 11.7 Å². The second-order valence-electron chi connectivity index (χ2n) is 4.97. The van der Waals surface area contributed by atoms with Gasteiger partial charge in [-0.05, 0) is 32.0 Å². The fraction of sp³-hybridized carbons (Fsp3) is 0.429. The lowest BCUT2D eigenvalue weighted by atomic mass is 10.0. The van der Waals surface area contributed by atoms with Crippen molar-refractivity contribution in [3.05, 3.63) is 30.1 Å². The van der Waals surface area contributed by atoms with Crippen LogP contribution in [0.3, 0.4) is 0 Å². The minimum absolute atomic E-state index is 0.0687. The lowest BCUT2D eigenvalue weighted by Crippen LogP contribution is -2.38. The van der Waals surface area contributed by atoms with Crippen LogP contribution in [0.4, 0.5) is 10.1 Å². The minimum atomic E-state index is -0.838. The number of likely N-dealkylation sites (tertiary alicyclic amines) is 1. The summed E-state index contributed by atoms with van der Waals surface area (Å²) in [6, 6.07) is 5.75. The Morgan fingerprint density at radius 1 is 1.45 bits per heavy atom. The fourth-order valence-corrected chi connectivity index (χ4v) is 2.49. The third kappa shape index (κ3) is 3.14. The van der Waals surface area contributed by atoms with E-state index >= 15 is 0 Å². The van der Waals surface area contributed by atoms with E-state index in [2.05, 4.69) is 5.32 Å². The normalized spacial score (nSPS) is 22.7. The van der Waals surface area contributed by atoms with Crippen LogP contribution in [0.1, 0.15) is 13.3 Å². The second-order valence-corrected chi connectivity index (χ2v) is 4.97. The van der Waals surface area contributed by atoms with E-state index in [4.69, 9.17) is 5.11 Å². The number of aliphatic carboxylic acids is 1. The summed E-state index contributed by atoms with van der Waals surface area (Å²) in [4.78, 5) is 24.7. The van der Waals surface area contributed by atoms with Crippen molar-refractivity contribution in [3.63, 3.8) is 0 Å². The molecule has 6 heteroatoms. The Balaban J connectivity index is 1.93. The predicted molar refractivity (Wildman–Crippen MR) is 71.8 cm³/mol. The molecule has 1 aromatic carbocycles. The minimum Gasteiger partial charge on any atom is -0.481 e. The number of anilines is 1. The molecule has 1 saturated heterocycles. The topological polar surface area (TPSA) is 69.6 Å². The van der Waals surface area contributed by atoms with Gasteiger partial charge in [-0.15, -0.1) is 0 Å². The Morgan fingerprint density at radius 3 is 2.75 bits per heavy atom. The van der Waals surface area contributed by atoms with Gasteiger partial charge in [0, 0.05) is 6.04 Å². The second kappa shape index (κ2) is 6.00. The van der Waals surface area contributed by atoms with Crippen LogP contribution in [0.5, 0.6) is 0 Å². The number of carboxylic acids is 1. The van der Waals surface area contributed by atoms with Crippen LogP contribution in [0.15, 0.2) is 24.3 Å². The highest BCUT2D eigenvalue weighted by Crippen LogP contribution is 2.24. The molecule has 1 aliphatic heterocycles. The monoisotopic (exact) mass is 280 g/mol. The van der Waals surface area contributed by atoms with Crippen molar-refractivity contribution in [1.29, 1.82) is 0 Å². The highest BCUT2D eigenvalue weighted by molar-refractivity contribution is 5.92. The van der Waals surface area contributed by atoms with Crippen LogP contribution in [-0.4, -0.2) is 41.0 Å². The summed E-state index contributed by atoms with van der Waals surface area (Å²) in [6.45, 7) is 2.42. The molecule has 0 spiro atoms. The van der Waals surface area contributed by atoms with E-state index in [0.29, 0.717) is 13.0 Å². The molecule has 0 bridgehead atoms. The van der Waals surface area contributed by atoms with Gasteiger partial charge in [0.25, 0.3) is 0 Å². The van der Waals surface area contributed by atoms with E-state index in [-0.39, 0.29) is 24.2 Å². The summed E-state index contributed by atoms with van der Waals surface area (Å²) in [7, 11) is 0. The third-order valence-corrected chi connectivity index (χ3v) is 3.70. The number of amides is 1. The number of nitrogens with one attached hydrogen (secondary N) is 1. The molecule has 2 atom stereocenters. The Kier molecular flexibility index (Phi) is 4.34. The van der Waals surface area contributed by atoms with E-state index in [1.165, 1.54) is 12.1 Å². The molecule has 0 saturated carbocycles. The molecule has 1 aliphatic rings. The van der Waals surface area contributed by atoms with Gasteiger partial charge in [-0.3, -0.25) is 14.5 Å². The van der Waals surface area contributed by atoms with Crippen LogP contribution in [-0.2, 0) is 9.59 Å². The summed E-state index contributed by atoms with van der Waals surface area (Å²) < 4.78 is 13.4. The summed E-state index contributed by atoms with van der Waals surface area (Å²) >= 11 is 0. The van der Waals surface area contributed by atoms with Crippen LogP contribution in [0.25, 0.3) is 0 Å². The van der Waals surface area contributed by atoms with E-state index in [1.807, 2.05) is 0 Å². The molecular formula is C14H17FN2O3. The predicted octanol–water partition coefficient (Wildman–Crippen LogP) is 1.56. The number of rotatable bonds is 4. The summed E-state index contributed by atoms with van der Waals surface area (Å²) in [5, 5.41) is 11.5. The van der Waals surface area contributed by atoms with E-state index in [0.717, 1.165) is 0 Å². The zero-order valence-corrected chi connectivity index (χ0v) is 11.2. The maximum Gasteiger partial charge on any atom is 0.308 e. The first-order valence-corrected chi connectivity index (χ1v) is 6.50. The quantitative estimate of drug-likeness (QED) is 0.878. The summed E-state index contributed by atoms with van der Waals surface area (Å²) in [5.41, 5.74) is 0.138. The number of nitrogens with zero attached hydrogens (tertiary/aromatic N) is 1. The molecule has 1 heterocycles. The van der Waals surface area contributed by atoms with Crippen molar-refractivity contribution in [1.82, 2.24) is 4.90 Å². The van der Waals surface area contributed by atoms with Gasteiger partial charge in [0.15, 0.2) is 0 Å². The third-order valence-electron chi connectivity index (χ3n) is 3.70. The highest BCUT2D eigenvalue weighted by atomic mass is 19.1. The number of carbonyl (C=O) groups excluding carboxylic acids is 1. The molecule has 5 nitrogen and oxygen atoms in total. The Bertz CT molecular complexity index is 521. The largest absolute Gasteiger partial charge is 0.481 e.